The van der Waals surface area contributed by atoms with Crippen molar-refractivity contribution < 1.29 is 0 Å². The Morgan fingerprint density at radius 3 is 2.05 bits per heavy atom. The minimum atomic E-state index is 0.453. The van der Waals surface area contributed by atoms with Gasteiger partial charge >= 0.3 is 0 Å². The second-order valence-corrected chi connectivity index (χ2v) is 6.57. The summed E-state index contributed by atoms with van der Waals surface area (Å²) >= 11 is 11.9. The van der Waals surface area contributed by atoms with Crippen LogP contribution < -0.4 is 5.32 Å². The first-order chi connectivity index (χ1) is 10.2. The van der Waals surface area contributed by atoms with E-state index in [4.69, 9.17) is 23.2 Å². The molecule has 2 aromatic carbocycles. The first kappa shape index (κ1) is 14.9. The van der Waals surface area contributed by atoms with Crippen molar-refractivity contribution in [2.75, 3.05) is 6.54 Å². The van der Waals surface area contributed by atoms with Crippen LogP contribution in [0.1, 0.15) is 30.0 Å². The predicted molar refractivity (Wildman–Crippen MR) is 90.1 cm³/mol. The first-order valence-corrected chi connectivity index (χ1v) is 8.21. The minimum Gasteiger partial charge on any atom is -0.309 e. The first-order valence-electron chi connectivity index (χ1n) is 7.45. The highest BCUT2D eigenvalue weighted by molar-refractivity contribution is 6.30. The summed E-state index contributed by atoms with van der Waals surface area (Å²) in [6.07, 6.45) is 3.66. The summed E-state index contributed by atoms with van der Waals surface area (Å²) in [6.45, 7) is 0.978. The van der Waals surface area contributed by atoms with E-state index in [2.05, 4.69) is 29.6 Å². The van der Waals surface area contributed by atoms with Crippen LogP contribution >= 0.6 is 23.2 Å². The molecule has 0 saturated heterocycles. The van der Waals surface area contributed by atoms with Crippen LogP contribution in [0.25, 0.3) is 0 Å². The smallest absolute Gasteiger partial charge is 0.0406 e. The van der Waals surface area contributed by atoms with Gasteiger partial charge < -0.3 is 5.32 Å². The lowest BCUT2D eigenvalue weighted by Gasteiger charge is -2.19. The lowest BCUT2D eigenvalue weighted by Crippen LogP contribution is -2.25. The van der Waals surface area contributed by atoms with Crippen molar-refractivity contribution >= 4 is 23.2 Å². The minimum absolute atomic E-state index is 0.453. The van der Waals surface area contributed by atoms with Crippen LogP contribution in [-0.2, 0) is 6.42 Å². The quantitative estimate of drug-likeness (QED) is 0.764. The number of rotatable bonds is 6. The third-order valence-corrected chi connectivity index (χ3v) is 4.52. The Kier molecular flexibility index (Phi) is 4.84. The van der Waals surface area contributed by atoms with E-state index in [1.54, 1.807) is 0 Å². The highest BCUT2D eigenvalue weighted by Gasteiger charge is 2.31. The molecule has 110 valence electrons. The van der Waals surface area contributed by atoms with E-state index >= 15 is 0 Å². The molecule has 1 unspecified atom stereocenters. The summed E-state index contributed by atoms with van der Waals surface area (Å²) in [5, 5.41) is 5.30. The van der Waals surface area contributed by atoms with E-state index in [1.165, 1.54) is 24.0 Å². The second kappa shape index (κ2) is 6.83. The SMILES string of the molecule is Clc1ccc(CCNC(c2ccc(Cl)cc2)C2CC2)cc1. The fourth-order valence-corrected chi connectivity index (χ4v) is 2.93. The third-order valence-electron chi connectivity index (χ3n) is 4.01. The van der Waals surface area contributed by atoms with Crippen molar-refractivity contribution in [3.63, 3.8) is 0 Å². The largest absolute Gasteiger partial charge is 0.309 e. The molecule has 1 atom stereocenters. The van der Waals surface area contributed by atoms with E-state index in [0.717, 1.165) is 28.9 Å². The molecule has 1 aliphatic carbocycles. The summed E-state index contributed by atoms with van der Waals surface area (Å²) in [5.74, 6) is 0.774. The van der Waals surface area contributed by atoms with Gasteiger partial charge in [-0.05, 0) is 67.1 Å². The number of halogens is 2. The van der Waals surface area contributed by atoms with E-state index in [9.17, 15) is 0 Å². The van der Waals surface area contributed by atoms with E-state index in [0.29, 0.717) is 6.04 Å². The molecule has 0 amide bonds. The number of hydrogen-bond acceptors (Lipinski definition) is 1. The topological polar surface area (TPSA) is 12.0 Å². The molecule has 0 heterocycles. The number of nitrogens with one attached hydrogen (secondary N) is 1. The fourth-order valence-electron chi connectivity index (χ4n) is 2.68. The van der Waals surface area contributed by atoms with Gasteiger partial charge in [-0.25, -0.2) is 0 Å². The standard InChI is InChI=1S/C18H19Cl2N/c19-16-7-1-13(2-8-16)11-12-21-18(14-3-4-14)15-5-9-17(20)10-6-15/h1-2,5-10,14,18,21H,3-4,11-12H2. The molecule has 1 nitrogen and oxygen atoms in total. The van der Waals surface area contributed by atoms with Crippen LogP contribution in [0.15, 0.2) is 48.5 Å². The van der Waals surface area contributed by atoms with Crippen molar-refractivity contribution in [3.05, 3.63) is 69.7 Å². The fraction of sp³-hybridized carbons (Fsp3) is 0.333. The molecule has 1 fully saturated rings. The normalized spacial score (nSPS) is 15.9. The maximum atomic E-state index is 5.98. The molecule has 1 N–H and O–H groups in total. The van der Waals surface area contributed by atoms with E-state index in [1.807, 2.05) is 24.3 Å². The molecule has 2 aromatic rings. The Bertz CT molecular complexity index is 573. The highest BCUT2D eigenvalue weighted by Crippen LogP contribution is 2.41. The van der Waals surface area contributed by atoms with Crippen LogP contribution in [0.3, 0.4) is 0 Å². The Hall–Kier alpha value is -1.02. The summed E-state index contributed by atoms with van der Waals surface area (Å²) in [6, 6.07) is 16.8. The molecule has 0 aromatic heterocycles. The number of hydrogen-bond donors (Lipinski definition) is 1. The van der Waals surface area contributed by atoms with Gasteiger partial charge in [-0.15, -0.1) is 0 Å². The molecule has 3 rings (SSSR count). The van der Waals surface area contributed by atoms with E-state index < -0.39 is 0 Å². The average Bonchev–Trinajstić information content (AvgIpc) is 3.31. The molecule has 3 heteroatoms. The Morgan fingerprint density at radius 2 is 1.48 bits per heavy atom. The maximum Gasteiger partial charge on any atom is 0.0406 e. The molecule has 21 heavy (non-hydrogen) atoms. The van der Waals surface area contributed by atoms with Gasteiger partial charge in [0.25, 0.3) is 0 Å². The monoisotopic (exact) mass is 319 g/mol. The average molecular weight is 320 g/mol. The third kappa shape index (κ3) is 4.23. The molecule has 0 radical (unpaired) electrons. The summed E-state index contributed by atoms with van der Waals surface area (Å²) in [4.78, 5) is 0. The van der Waals surface area contributed by atoms with Gasteiger partial charge in [0.15, 0.2) is 0 Å². The van der Waals surface area contributed by atoms with Crippen LogP contribution in [0.5, 0.6) is 0 Å². The van der Waals surface area contributed by atoms with Crippen molar-refractivity contribution in [3.8, 4) is 0 Å². The summed E-state index contributed by atoms with van der Waals surface area (Å²) in [7, 11) is 0. The Balaban J connectivity index is 1.58. The molecule has 1 saturated carbocycles. The highest BCUT2D eigenvalue weighted by atomic mass is 35.5. The van der Waals surface area contributed by atoms with Crippen molar-refractivity contribution in [1.29, 1.82) is 0 Å². The van der Waals surface area contributed by atoms with Gasteiger partial charge in [-0.1, -0.05) is 47.5 Å². The Labute approximate surface area is 136 Å². The molecule has 0 spiro atoms. The van der Waals surface area contributed by atoms with E-state index in [-0.39, 0.29) is 0 Å². The van der Waals surface area contributed by atoms with Crippen molar-refractivity contribution in [1.82, 2.24) is 5.32 Å². The number of benzene rings is 2. The van der Waals surface area contributed by atoms with Gasteiger partial charge in [-0.3, -0.25) is 0 Å². The molecular formula is C18H19Cl2N. The molecule has 0 bridgehead atoms. The summed E-state index contributed by atoms with van der Waals surface area (Å²) in [5.41, 5.74) is 2.66. The lowest BCUT2D eigenvalue weighted by atomic mass is 10.0. The van der Waals surface area contributed by atoms with Crippen LogP contribution in [0.4, 0.5) is 0 Å². The zero-order valence-corrected chi connectivity index (χ0v) is 13.4. The lowest BCUT2D eigenvalue weighted by molar-refractivity contribution is 0.484. The van der Waals surface area contributed by atoms with Gasteiger partial charge in [0.05, 0.1) is 0 Å². The van der Waals surface area contributed by atoms with Crippen LogP contribution in [-0.4, -0.2) is 6.54 Å². The molecule has 0 aliphatic heterocycles. The summed E-state index contributed by atoms with van der Waals surface area (Å²) < 4.78 is 0. The van der Waals surface area contributed by atoms with Gasteiger partial charge in [0.2, 0.25) is 0 Å². The zero-order valence-electron chi connectivity index (χ0n) is 11.9. The van der Waals surface area contributed by atoms with Crippen molar-refractivity contribution in [2.24, 2.45) is 5.92 Å². The molecular weight excluding hydrogens is 301 g/mol. The van der Waals surface area contributed by atoms with Gasteiger partial charge in [-0.2, -0.15) is 0 Å². The second-order valence-electron chi connectivity index (χ2n) is 5.70. The van der Waals surface area contributed by atoms with Crippen LogP contribution in [0.2, 0.25) is 10.0 Å². The Morgan fingerprint density at radius 1 is 0.905 bits per heavy atom. The predicted octanol–water partition coefficient (Wildman–Crippen LogP) is 5.28. The van der Waals surface area contributed by atoms with Crippen LogP contribution in [0, 0.1) is 5.92 Å². The van der Waals surface area contributed by atoms with Crippen molar-refractivity contribution in [2.45, 2.75) is 25.3 Å². The van der Waals surface area contributed by atoms with Gasteiger partial charge in [0, 0.05) is 16.1 Å². The zero-order chi connectivity index (χ0) is 14.7. The maximum absolute atomic E-state index is 5.98. The van der Waals surface area contributed by atoms with Gasteiger partial charge in [0.1, 0.15) is 0 Å². The molecule has 1 aliphatic rings.